The van der Waals surface area contributed by atoms with Crippen molar-refractivity contribution < 1.29 is 14.7 Å². The highest BCUT2D eigenvalue weighted by Crippen LogP contribution is 2.03. The second kappa shape index (κ2) is 5.65. The van der Waals surface area contributed by atoms with Gasteiger partial charge in [-0.05, 0) is 18.2 Å². The van der Waals surface area contributed by atoms with Gasteiger partial charge in [0.25, 0.3) is 0 Å². The van der Waals surface area contributed by atoms with Gasteiger partial charge in [-0.3, -0.25) is 9.78 Å². The molecule has 0 radical (unpaired) electrons. The molecule has 84 valence electrons. The minimum Gasteiger partial charge on any atom is -0.478 e. The summed E-state index contributed by atoms with van der Waals surface area (Å²) in [6.07, 6.45) is 4.79. The van der Waals surface area contributed by atoms with Crippen LogP contribution < -0.4 is 5.32 Å². The van der Waals surface area contributed by atoms with Crippen LogP contribution in [-0.4, -0.2) is 28.5 Å². The van der Waals surface area contributed by atoms with Crippen molar-refractivity contribution in [1.29, 1.82) is 0 Å². The van der Waals surface area contributed by atoms with E-state index in [1.807, 2.05) is 0 Å². The van der Waals surface area contributed by atoms with Gasteiger partial charge in [-0.1, -0.05) is 6.08 Å². The Balaban J connectivity index is 2.63. The molecule has 1 aromatic heterocycles. The molecule has 0 atom stereocenters. The van der Waals surface area contributed by atoms with Crippen LogP contribution in [0.4, 0.5) is 0 Å². The number of carboxylic acid groups (broad SMARTS) is 1. The van der Waals surface area contributed by atoms with Crippen molar-refractivity contribution in [3.8, 4) is 0 Å². The van der Waals surface area contributed by atoms with Crippen molar-refractivity contribution in [2.45, 2.75) is 6.92 Å². The molecule has 0 aliphatic rings. The Labute approximate surface area is 92.8 Å². The third-order valence-corrected chi connectivity index (χ3v) is 1.79. The van der Waals surface area contributed by atoms with Crippen LogP contribution in [-0.2, 0) is 4.79 Å². The first-order chi connectivity index (χ1) is 7.59. The Kier molecular flexibility index (Phi) is 4.20. The number of aromatic carboxylic acids is 1. The average Bonchev–Trinajstić information content (AvgIpc) is 2.24. The first-order valence-electron chi connectivity index (χ1n) is 4.70. The second-order valence-electron chi connectivity index (χ2n) is 3.11. The predicted molar refractivity (Wildman–Crippen MR) is 58.9 cm³/mol. The zero-order chi connectivity index (χ0) is 12.0. The molecule has 1 rings (SSSR count). The van der Waals surface area contributed by atoms with Gasteiger partial charge >= 0.3 is 5.97 Å². The highest BCUT2D eigenvalue weighted by atomic mass is 16.4. The van der Waals surface area contributed by atoms with E-state index in [9.17, 15) is 9.59 Å². The summed E-state index contributed by atoms with van der Waals surface area (Å²) in [5.74, 6) is -1.10. The number of hydrogen-bond donors (Lipinski definition) is 2. The standard InChI is InChI=1S/C11H12N2O3/c1-8(14)12-5-2-3-10-7-9(11(15)16)4-6-13-10/h2-4,6-7H,5H2,1H3,(H,12,14)(H,15,16). The number of rotatable bonds is 4. The van der Waals surface area contributed by atoms with Crippen LogP contribution in [0.3, 0.4) is 0 Å². The molecule has 1 heterocycles. The molecule has 0 unspecified atom stereocenters. The van der Waals surface area contributed by atoms with Crippen LogP contribution in [0.2, 0.25) is 0 Å². The van der Waals surface area contributed by atoms with Gasteiger partial charge < -0.3 is 10.4 Å². The van der Waals surface area contributed by atoms with Gasteiger partial charge in [-0.15, -0.1) is 0 Å². The molecule has 0 saturated carbocycles. The minimum atomic E-state index is -0.987. The molecule has 2 N–H and O–H groups in total. The maximum Gasteiger partial charge on any atom is 0.335 e. The zero-order valence-corrected chi connectivity index (χ0v) is 8.80. The number of carboxylic acids is 1. The van der Waals surface area contributed by atoms with Crippen molar-refractivity contribution in [1.82, 2.24) is 10.3 Å². The summed E-state index contributed by atoms with van der Waals surface area (Å²) in [4.78, 5) is 25.2. The molecule has 0 aliphatic heterocycles. The zero-order valence-electron chi connectivity index (χ0n) is 8.80. The fourth-order valence-corrected chi connectivity index (χ4v) is 1.05. The molecule has 0 spiro atoms. The number of nitrogens with one attached hydrogen (secondary N) is 1. The van der Waals surface area contributed by atoms with Crippen molar-refractivity contribution in [3.05, 3.63) is 35.7 Å². The van der Waals surface area contributed by atoms with E-state index >= 15 is 0 Å². The van der Waals surface area contributed by atoms with Gasteiger partial charge in [0.1, 0.15) is 0 Å². The van der Waals surface area contributed by atoms with E-state index in [-0.39, 0.29) is 11.5 Å². The Hall–Kier alpha value is -2.17. The third-order valence-electron chi connectivity index (χ3n) is 1.79. The molecule has 0 aromatic carbocycles. The van der Waals surface area contributed by atoms with Gasteiger partial charge in [0.05, 0.1) is 11.3 Å². The average molecular weight is 220 g/mol. The van der Waals surface area contributed by atoms with Crippen molar-refractivity contribution in [3.63, 3.8) is 0 Å². The topological polar surface area (TPSA) is 79.3 Å². The number of amides is 1. The summed E-state index contributed by atoms with van der Waals surface area (Å²) in [7, 11) is 0. The molecular weight excluding hydrogens is 208 g/mol. The molecule has 0 aliphatic carbocycles. The van der Waals surface area contributed by atoms with E-state index in [0.717, 1.165) is 0 Å². The quantitative estimate of drug-likeness (QED) is 0.791. The van der Waals surface area contributed by atoms with E-state index in [1.54, 1.807) is 12.2 Å². The van der Waals surface area contributed by atoms with E-state index in [1.165, 1.54) is 25.3 Å². The summed E-state index contributed by atoms with van der Waals surface area (Å²) >= 11 is 0. The van der Waals surface area contributed by atoms with Gasteiger partial charge in [0.2, 0.25) is 5.91 Å². The Morgan fingerprint density at radius 1 is 1.56 bits per heavy atom. The third kappa shape index (κ3) is 3.91. The van der Waals surface area contributed by atoms with Gasteiger partial charge in [-0.25, -0.2) is 4.79 Å². The van der Waals surface area contributed by atoms with Crippen LogP contribution in [0.15, 0.2) is 24.4 Å². The molecule has 1 aromatic rings. The number of nitrogens with zero attached hydrogens (tertiary/aromatic N) is 1. The number of carbonyl (C=O) groups excluding carboxylic acids is 1. The SMILES string of the molecule is CC(=O)NCC=Cc1cc(C(=O)O)ccn1. The van der Waals surface area contributed by atoms with Crippen LogP contribution in [0.1, 0.15) is 23.0 Å². The number of pyridine rings is 1. The minimum absolute atomic E-state index is 0.114. The summed E-state index contributed by atoms with van der Waals surface area (Å²) in [5.41, 5.74) is 0.736. The first kappa shape index (κ1) is 11.9. The summed E-state index contributed by atoms with van der Waals surface area (Å²) in [5, 5.41) is 11.3. The fourth-order valence-electron chi connectivity index (χ4n) is 1.05. The fraction of sp³-hybridized carbons (Fsp3) is 0.182. The van der Waals surface area contributed by atoms with Crippen LogP contribution in [0, 0.1) is 0 Å². The van der Waals surface area contributed by atoms with Crippen LogP contribution in [0.25, 0.3) is 6.08 Å². The molecule has 16 heavy (non-hydrogen) atoms. The molecule has 5 heteroatoms. The normalized spacial score (nSPS) is 10.3. The molecule has 1 amide bonds. The van der Waals surface area contributed by atoms with Gasteiger partial charge in [-0.2, -0.15) is 0 Å². The molecule has 0 fully saturated rings. The van der Waals surface area contributed by atoms with E-state index < -0.39 is 5.97 Å². The lowest BCUT2D eigenvalue weighted by Gasteiger charge is -1.97. The van der Waals surface area contributed by atoms with Gasteiger partial charge in [0.15, 0.2) is 0 Å². The summed E-state index contributed by atoms with van der Waals surface area (Å²) in [6, 6.07) is 2.89. The second-order valence-corrected chi connectivity index (χ2v) is 3.11. The molecule has 5 nitrogen and oxygen atoms in total. The van der Waals surface area contributed by atoms with Crippen LogP contribution in [0.5, 0.6) is 0 Å². The highest BCUT2D eigenvalue weighted by molar-refractivity contribution is 5.87. The predicted octanol–water partition coefficient (Wildman–Crippen LogP) is 0.929. The molecular formula is C11H12N2O3. The van der Waals surface area contributed by atoms with Gasteiger partial charge in [0, 0.05) is 19.7 Å². The molecule has 0 saturated heterocycles. The van der Waals surface area contributed by atoms with E-state index in [2.05, 4.69) is 10.3 Å². The van der Waals surface area contributed by atoms with E-state index in [0.29, 0.717) is 12.2 Å². The number of hydrogen-bond acceptors (Lipinski definition) is 3. The summed E-state index contributed by atoms with van der Waals surface area (Å²) in [6.45, 7) is 1.82. The number of carbonyl (C=O) groups is 2. The number of aromatic nitrogens is 1. The highest BCUT2D eigenvalue weighted by Gasteiger charge is 2.01. The lowest BCUT2D eigenvalue weighted by molar-refractivity contribution is -0.118. The van der Waals surface area contributed by atoms with Crippen LogP contribution >= 0.6 is 0 Å². The maximum absolute atomic E-state index is 10.7. The summed E-state index contributed by atoms with van der Waals surface area (Å²) < 4.78 is 0. The Morgan fingerprint density at radius 3 is 2.94 bits per heavy atom. The van der Waals surface area contributed by atoms with E-state index in [4.69, 9.17) is 5.11 Å². The first-order valence-corrected chi connectivity index (χ1v) is 4.70. The lowest BCUT2D eigenvalue weighted by atomic mass is 10.2. The molecule has 0 bridgehead atoms. The largest absolute Gasteiger partial charge is 0.478 e. The Morgan fingerprint density at radius 2 is 2.31 bits per heavy atom. The maximum atomic E-state index is 10.7. The monoisotopic (exact) mass is 220 g/mol. The van der Waals surface area contributed by atoms with Crippen molar-refractivity contribution in [2.24, 2.45) is 0 Å². The van der Waals surface area contributed by atoms with Crippen molar-refractivity contribution >= 4 is 18.0 Å². The smallest absolute Gasteiger partial charge is 0.335 e. The Bertz CT molecular complexity index is 427. The van der Waals surface area contributed by atoms with Crippen molar-refractivity contribution in [2.75, 3.05) is 6.54 Å². The lowest BCUT2D eigenvalue weighted by Crippen LogP contribution is -2.19.